The second-order valence-corrected chi connectivity index (χ2v) is 4.24. The van der Waals surface area contributed by atoms with Gasteiger partial charge in [0.1, 0.15) is 0 Å². The van der Waals surface area contributed by atoms with E-state index in [4.69, 9.17) is 18.9 Å². The molecule has 0 saturated carbocycles. The van der Waals surface area contributed by atoms with Crippen molar-refractivity contribution in [3.8, 4) is 0 Å². The zero-order valence-electron chi connectivity index (χ0n) is 12.1. The molecule has 4 nitrogen and oxygen atoms in total. The van der Waals surface area contributed by atoms with Gasteiger partial charge in [0.05, 0.1) is 13.2 Å². The molecule has 0 aromatic carbocycles. The second-order valence-electron chi connectivity index (χ2n) is 4.24. The Morgan fingerprint density at radius 1 is 0.556 bits per heavy atom. The van der Waals surface area contributed by atoms with E-state index in [1.165, 1.54) is 19.3 Å². The molecule has 0 aliphatic heterocycles. The Bertz CT molecular complexity index is 126. The van der Waals surface area contributed by atoms with Crippen LogP contribution >= 0.6 is 0 Å². The number of rotatable bonds is 15. The molecule has 110 valence electrons. The fourth-order valence-electron chi connectivity index (χ4n) is 1.45. The number of hydrogen-bond donors (Lipinski definition) is 0. The van der Waals surface area contributed by atoms with Gasteiger partial charge in [-0.15, -0.1) is 0 Å². The van der Waals surface area contributed by atoms with E-state index < -0.39 is 0 Å². The Balaban J connectivity index is 2.86. The first-order chi connectivity index (χ1) is 8.91. The van der Waals surface area contributed by atoms with E-state index in [1.54, 1.807) is 7.11 Å². The summed E-state index contributed by atoms with van der Waals surface area (Å²) < 4.78 is 21.2. The maximum Gasteiger partial charge on any atom is 0.0700 e. The zero-order valence-corrected chi connectivity index (χ0v) is 12.1. The topological polar surface area (TPSA) is 36.9 Å². The minimum Gasteiger partial charge on any atom is -0.385 e. The van der Waals surface area contributed by atoms with Crippen molar-refractivity contribution in [1.82, 2.24) is 0 Å². The average molecular weight is 262 g/mol. The summed E-state index contributed by atoms with van der Waals surface area (Å²) in [6.07, 6.45) is 5.60. The summed E-state index contributed by atoms with van der Waals surface area (Å²) in [5.74, 6) is 0. The van der Waals surface area contributed by atoms with E-state index in [0.29, 0.717) is 13.2 Å². The van der Waals surface area contributed by atoms with Crippen molar-refractivity contribution in [2.24, 2.45) is 0 Å². The van der Waals surface area contributed by atoms with Gasteiger partial charge < -0.3 is 18.9 Å². The molecule has 0 amide bonds. The monoisotopic (exact) mass is 262 g/mol. The predicted molar refractivity (Wildman–Crippen MR) is 73.1 cm³/mol. The highest BCUT2D eigenvalue weighted by atomic mass is 16.5. The molecular weight excluding hydrogens is 232 g/mol. The van der Waals surface area contributed by atoms with Gasteiger partial charge in [0.2, 0.25) is 0 Å². The van der Waals surface area contributed by atoms with Crippen molar-refractivity contribution in [2.45, 2.75) is 39.0 Å². The first-order valence-electron chi connectivity index (χ1n) is 7.14. The van der Waals surface area contributed by atoms with Crippen LogP contribution in [0.2, 0.25) is 0 Å². The lowest BCUT2D eigenvalue weighted by Gasteiger charge is -2.06. The Kier molecular flexibility index (Phi) is 16.7. The van der Waals surface area contributed by atoms with Crippen LogP contribution in [0.15, 0.2) is 0 Å². The van der Waals surface area contributed by atoms with E-state index in [0.717, 1.165) is 45.9 Å². The number of methoxy groups -OCH3 is 1. The van der Waals surface area contributed by atoms with E-state index in [1.807, 2.05) is 0 Å². The molecular formula is C14H30O4. The summed E-state index contributed by atoms with van der Waals surface area (Å²) in [5, 5.41) is 0. The molecule has 18 heavy (non-hydrogen) atoms. The van der Waals surface area contributed by atoms with Crippen LogP contribution < -0.4 is 0 Å². The molecule has 0 spiro atoms. The van der Waals surface area contributed by atoms with Crippen molar-refractivity contribution >= 4 is 0 Å². The molecule has 0 N–H and O–H groups in total. The van der Waals surface area contributed by atoms with Crippen molar-refractivity contribution in [3.05, 3.63) is 0 Å². The lowest BCUT2D eigenvalue weighted by atomic mass is 10.3. The lowest BCUT2D eigenvalue weighted by molar-refractivity contribution is 0.0298. The molecule has 0 saturated heterocycles. The third kappa shape index (κ3) is 15.8. The quantitative estimate of drug-likeness (QED) is 0.425. The molecule has 0 bridgehead atoms. The first kappa shape index (κ1) is 17.8. The van der Waals surface area contributed by atoms with Crippen molar-refractivity contribution in [1.29, 1.82) is 0 Å². The third-order valence-corrected chi connectivity index (χ3v) is 2.48. The maximum absolute atomic E-state index is 5.48. The van der Waals surface area contributed by atoms with Crippen LogP contribution in [0.4, 0.5) is 0 Å². The highest BCUT2D eigenvalue weighted by Crippen LogP contribution is 1.95. The fraction of sp³-hybridized carbons (Fsp3) is 1.00. The summed E-state index contributed by atoms with van der Waals surface area (Å²) in [7, 11) is 1.70. The normalized spacial score (nSPS) is 11.0. The smallest absolute Gasteiger partial charge is 0.0700 e. The standard InChI is InChI=1S/C14H30O4/c1-3-4-5-9-16-11-7-12-18-14-13-17-10-6-8-15-2/h3-14H2,1-2H3. The van der Waals surface area contributed by atoms with Gasteiger partial charge in [-0.25, -0.2) is 0 Å². The van der Waals surface area contributed by atoms with Gasteiger partial charge in [-0.1, -0.05) is 19.8 Å². The van der Waals surface area contributed by atoms with Crippen LogP contribution in [-0.4, -0.2) is 53.4 Å². The van der Waals surface area contributed by atoms with Gasteiger partial charge in [0, 0.05) is 40.1 Å². The molecule has 0 unspecified atom stereocenters. The number of hydrogen-bond acceptors (Lipinski definition) is 4. The number of unbranched alkanes of at least 4 members (excludes halogenated alkanes) is 2. The van der Waals surface area contributed by atoms with Gasteiger partial charge in [-0.3, -0.25) is 0 Å². The van der Waals surface area contributed by atoms with E-state index >= 15 is 0 Å². The summed E-state index contributed by atoms with van der Waals surface area (Å²) >= 11 is 0. The van der Waals surface area contributed by atoms with Crippen LogP contribution in [0.1, 0.15) is 39.0 Å². The zero-order chi connectivity index (χ0) is 13.3. The molecule has 0 aliphatic rings. The molecule has 4 heteroatoms. The average Bonchev–Trinajstić information content (AvgIpc) is 2.39. The SMILES string of the molecule is CCCCCOCCCOCCOCCCOC. The van der Waals surface area contributed by atoms with Gasteiger partial charge in [-0.05, 0) is 19.3 Å². The highest BCUT2D eigenvalue weighted by molar-refractivity contribution is 4.39. The summed E-state index contributed by atoms with van der Waals surface area (Å²) in [5.41, 5.74) is 0. The fourth-order valence-corrected chi connectivity index (χ4v) is 1.45. The molecule has 0 atom stereocenters. The first-order valence-corrected chi connectivity index (χ1v) is 7.14. The van der Waals surface area contributed by atoms with E-state index in [9.17, 15) is 0 Å². The van der Waals surface area contributed by atoms with Gasteiger partial charge in [-0.2, -0.15) is 0 Å². The van der Waals surface area contributed by atoms with Gasteiger partial charge >= 0.3 is 0 Å². The Morgan fingerprint density at radius 3 is 1.61 bits per heavy atom. The minimum atomic E-state index is 0.668. The minimum absolute atomic E-state index is 0.668. The summed E-state index contributed by atoms with van der Waals surface area (Å²) in [6, 6.07) is 0. The molecule has 0 radical (unpaired) electrons. The molecule has 0 rings (SSSR count). The third-order valence-electron chi connectivity index (χ3n) is 2.48. The molecule has 0 heterocycles. The predicted octanol–water partition coefficient (Wildman–Crippen LogP) is 2.65. The van der Waals surface area contributed by atoms with E-state index in [-0.39, 0.29) is 0 Å². The van der Waals surface area contributed by atoms with Crippen LogP contribution in [0.5, 0.6) is 0 Å². The maximum atomic E-state index is 5.48. The Morgan fingerprint density at radius 2 is 1.06 bits per heavy atom. The van der Waals surface area contributed by atoms with Gasteiger partial charge in [0.25, 0.3) is 0 Å². The second kappa shape index (κ2) is 16.8. The van der Waals surface area contributed by atoms with Crippen molar-refractivity contribution in [3.63, 3.8) is 0 Å². The number of ether oxygens (including phenoxy) is 4. The van der Waals surface area contributed by atoms with Crippen LogP contribution in [0.25, 0.3) is 0 Å². The summed E-state index contributed by atoms with van der Waals surface area (Å²) in [6.45, 7) is 7.49. The van der Waals surface area contributed by atoms with Gasteiger partial charge in [0.15, 0.2) is 0 Å². The Labute approximate surface area is 112 Å². The van der Waals surface area contributed by atoms with E-state index in [2.05, 4.69) is 6.92 Å². The van der Waals surface area contributed by atoms with Crippen LogP contribution in [0, 0.1) is 0 Å². The molecule has 0 aliphatic carbocycles. The van der Waals surface area contributed by atoms with Crippen molar-refractivity contribution < 1.29 is 18.9 Å². The Hall–Kier alpha value is -0.160. The van der Waals surface area contributed by atoms with Crippen LogP contribution in [0.3, 0.4) is 0 Å². The molecule has 0 aromatic rings. The van der Waals surface area contributed by atoms with Crippen molar-refractivity contribution in [2.75, 3.05) is 53.4 Å². The summed E-state index contributed by atoms with van der Waals surface area (Å²) in [4.78, 5) is 0. The molecule has 0 fully saturated rings. The molecule has 0 aromatic heterocycles. The van der Waals surface area contributed by atoms with Crippen LogP contribution in [-0.2, 0) is 18.9 Å². The highest BCUT2D eigenvalue weighted by Gasteiger charge is 1.92. The lowest BCUT2D eigenvalue weighted by Crippen LogP contribution is -2.08. The largest absolute Gasteiger partial charge is 0.385 e.